The van der Waals surface area contributed by atoms with E-state index in [0.29, 0.717) is 5.52 Å². The molecule has 2 N–H and O–H groups in total. The zero-order valence-electron chi connectivity index (χ0n) is 15.1. The van der Waals surface area contributed by atoms with E-state index in [1.807, 2.05) is 32.9 Å². The smallest absolute Gasteiger partial charge is 0.223 e. The lowest BCUT2D eigenvalue weighted by atomic mass is 9.84. The van der Waals surface area contributed by atoms with E-state index < -0.39 is 0 Å². The van der Waals surface area contributed by atoms with Gasteiger partial charge in [0.25, 0.3) is 0 Å². The molecule has 0 aliphatic heterocycles. The van der Waals surface area contributed by atoms with Crippen molar-refractivity contribution in [3.8, 4) is 0 Å². The van der Waals surface area contributed by atoms with Crippen molar-refractivity contribution in [2.24, 2.45) is 5.92 Å². The zero-order valence-corrected chi connectivity index (χ0v) is 15.1. The van der Waals surface area contributed by atoms with Gasteiger partial charge in [-0.2, -0.15) is 0 Å². The molecule has 2 aromatic rings. The van der Waals surface area contributed by atoms with Gasteiger partial charge >= 0.3 is 0 Å². The Morgan fingerprint density at radius 1 is 1.32 bits per heavy atom. The van der Waals surface area contributed by atoms with Gasteiger partial charge in [0.05, 0.1) is 0 Å². The largest absolute Gasteiger partial charge is 0.382 e. The highest BCUT2D eigenvalue weighted by atomic mass is 19.1. The first-order chi connectivity index (χ1) is 11.9. The van der Waals surface area contributed by atoms with Crippen LogP contribution >= 0.6 is 0 Å². The summed E-state index contributed by atoms with van der Waals surface area (Å²) in [7, 11) is 0. The molecule has 1 aliphatic rings. The van der Waals surface area contributed by atoms with Crippen molar-refractivity contribution in [2.45, 2.75) is 58.5 Å². The van der Waals surface area contributed by atoms with E-state index in [1.54, 1.807) is 6.07 Å². The molecule has 0 radical (unpaired) electrons. The van der Waals surface area contributed by atoms with Crippen LogP contribution < -0.4 is 10.6 Å². The van der Waals surface area contributed by atoms with Crippen LogP contribution in [0.4, 0.5) is 10.1 Å². The summed E-state index contributed by atoms with van der Waals surface area (Å²) in [5.41, 5.74) is 2.08. The Bertz CT molecular complexity index is 775. The van der Waals surface area contributed by atoms with E-state index in [2.05, 4.69) is 15.6 Å². The van der Waals surface area contributed by atoms with Crippen LogP contribution in [-0.4, -0.2) is 23.0 Å². The number of para-hydroxylation sites is 1. The van der Waals surface area contributed by atoms with Crippen molar-refractivity contribution < 1.29 is 9.18 Å². The molecule has 1 amide bonds. The van der Waals surface area contributed by atoms with E-state index in [-0.39, 0.29) is 29.7 Å². The molecule has 2 atom stereocenters. The van der Waals surface area contributed by atoms with Gasteiger partial charge in [0.2, 0.25) is 5.91 Å². The molecule has 134 valence electrons. The van der Waals surface area contributed by atoms with Crippen LogP contribution in [0.1, 0.15) is 45.2 Å². The number of carbonyl (C=O) groups excluding carboxylic acids is 1. The Kier molecular flexibility index (Phi) is 5.21. The number of amides is 1. The molecule has 4 nitrogen and oxygen atoms in total. The van der Waals surface area contributed by atoms with Crippen molar-refractivity contribution in [1.29, 1.82) is 0 Å². The van der Waals surface area contributed by atoms with Gasteiger partial charge in [-0.25, -0.2) is 9.37 Å². The van der Waals surface area contributed by atoms with Gasteiger partial charge in [-0.15, -0.1) is 0 Å². The number of pyridine rings is 1. The molecule has 1 aromatic carbocycles. The predicted octanol–water partition coefficient (Wildman–Crippen LogP) is 4.18. The monoisotopic (exact) mass is 343 g/mol. The second-order valence-corrected chi connectivity index (χ2v) is 7.32. The molecule has 3 rings (SSSR count). The molecule has 0 bridgehead atoms. The minimum absolute atomic E-state index is 0.0413. The molecular weight excluding hydrogens is 317 g/mol. The van der Waals surface area contributed by atoms with Crippen molar-refractivity contribution in [2.75, 3.05) is 5.32 Å². The lowest BCUT2D eigenvalue weighted by molar-refractivity contribution is -0.126. The molecule has 1 aliphatic carbocycles. The number of aryl methyl sites for hydroxylation is 1. The first kappa shape index (κ1) is 17.6. The van der Waals surface area contributed by atoms with Gasteiger partial charge in [0.15, 0.2) is 0 Å². The first-order valence-corrected chi connectivity index (χ1v) is 9.07. The highest BCUT2D eigenvalue weighted by Gasteiger charge is 2.27. The Balaban J connectivity index is 1.79. The summed E-state index contributed by atoms with van der Waals surface area (Å²) < 4.78 is 14.1. The van der Waals surface area contributed by atoms with E-state index in [9.17, 15) is 9.18 Å². The van der Waals surface area contributed by atoms with Crippen LogP contribution in [0.3, 0.4) is 0 Å². The second-order valence-electron chi connectivity index (χ2n) is 7.32. The standard InChI is InChI=1S/C20H26FN3O/c1-12(2)22-20(25)14-6-4-7-15(11-14)24-18-10-13(3)23-19-16(18)8-5-9-17(19)21/h5,8-10,12,14-15H,4,6-7,11H2,1-3H3,(H,22,25)(H,23,24). The number of rotatable bonds is 4. The maximum Gasteiger partial charge on any atom is 0.223 e. The fraction of sp³-hybridized carbons (Fsp3) is 0.500. The highest BCUT2D eigenvalue weighted by Crippen LogP contribution is 2.30. The van der Waals surface area contributed by atoms with Gasteiger partial charge in [0, 0.05) is 34.8 Å². The molecule has 1 aromatic heterocycles. The Labute approximate surface area is 148 Å². The fourth-order valence-electron chi connectivity index (χ4n) is 3.64. The third kappa shape index (κ3) is 4.09. The molecule has 1 saturated carbocycles. The van der Waals surface area contributed by atoms with Gasteiger partial charge < -0.3 is 10.6 Å². The van der Waals surface area contributed by atoms with Crippen LogP contribution in [-0.2, 0) is 4.79 Å². The van der Waals surface area contributed by atoms with Gasteiger partial charge in [0.1, 0.15) is 11.3 Å². The quantitative estimate of drug-likeness (QED) is 0.876. The lowest BCUT2D eigenvalue weighted by Crippen LogP contribution is -2.40. The molecule has 5 heteroatoms. The lowest BCUT2D eigenvalue weighted by Gasteiger charge is -2.30. The van der Waals surface area contributed by atoms with Crippen LogP contribution in [0.5, 0.6) is 0 Å². The highest BCUT2D eigenvalue weighted by molar-refractivity contribution is 5.92. The van der Waals surface area contributed by atoms with Crippen molar-refractivity contribution in [3.05, 3.63) is 35.8 Å². The Morgan fingerprint density at radius 3 is 2.88 bits per heavy atom. The molecule has 0 saturated heterocycles. The second kappa shape index (κ2) is 7.38. The summed E-state index contributed by atoms with van der Waals surface area (Å²) in [6.45, 7) is 5.84. The topological polar surface area (TPSA) is 54.0 Å². The normalized spacial score (nSPS) is 20.7. The number of nitrogens with one attached hydrogen (secondary N) is 2. The van der Waals surface area contributed by atoms with Crippen LogP contribution in [0, 0.1) is 18.7 Å². The number of hydrogen-bond acceptors (Lipinski definition) is 3. The van der Waals surface area contributed by atoms with E-state index in [1.165, 1.54) is 6.07 Å². The van der Waals surface area contributed by atoms with Crippen molar-refractivity contribution in [3.63, 3.8) is 0 Å². The molecule has 2 unspecified atom stereocenters. The number of carbonyl (C=O) groups is 1. The van der Waals surface area contributed by atoms with Crippen molar-refractivity contribution >= 4 is 22.5 Å². The van der Waals surface area contributed by atoms with Crippen LogP contribution in [0.15, 0.2) is 24.3 Å². The van der Waals surface area contributed by atoms with E-state index in [0.717, 1.165) is 42.5 Å². The third-order valence-electron chi connectivity index (χ3n) is 4.75. The van der Waals surface area contributed by atoms with E-state index >= 15 is 0 Å². The fourth-order valence-corrected chi connectivity index (χ4v) is 3.64. The number of benzene rings is 1. The first-order valence-electron chi connectivity index (χ1n) is 9.07. The average molecular weight is 343 g/mol. The molecule has 25 heavy (non-hydrogen) atoms. The number of hydrogen-bond donors (Lipinski definition) is 2. The van der Waals surface area contributed by atoms with Gasteiger partial charge in [-0.1, -0.05) is 18.6 Å². The SMILES string of the molecule is Cc1cc(NC2CCCC(C(=O)NC(C)C)C2)c2cccc(F)c2n1. The molecule has 1 heterocycles. The summed E-state index contributed by atoms with van der Waals surface area (Å²) in [5, 5.41) is 7.35. The van der Waals surface area contributed by atoms with Crippen LogP contribution in [0.2, 0.25) is 0 Å². The minimum Gasteiger partial charge on any atom is -0.382 e. The predicted molar refractivity (Wildman–Crippen MR) is 99.1 cm³/mol. The number of anilines is 1. The summed E-state index contributed by atoms with van der Waals surface area (Å²) in [6, 6.07) is 7.37. The molecular formula is C20H26FN3O. The maximum atomic E-state index is 14.1. The van der Waals surface area contributed by atoms with Crippen LogP contribution in [0.25, 0.3) is 10.9 Å². The molecule has 0 spiro atoms. The van der Waals surface area contributed by atoms with Gasteiger partial charge in [-0.3, -0.25) is 4.79 Å². The summed E-state index contributed by atoms with van der Waals surface area (Å²) in [5.74, 6) is -0.120. The number of nitrogens with zero attached hydrogens (tertiary/aromatic N) is 1. The molecule has 1 fully saturated rings. The minimum atomic E-state index is -0.304. The maximum absolute atomic E-state index is 14.1. The Hall–Kier alpha value is -2.17. The number of fused-ring (bicyclic) bond motifs is 1. The average Bonchev–Trinajstić information content (AvgIpc) is 2.55. The number of aromatic nitrogens is 1. The third-order valence-corrected chi connectivity index (χ3v) is 4.75. The number of halogens is 1. The van der Waals surface area contributed by atoms with E-state index in [4.69, 9.17) is 0 Å². The summed E-state index contributed by atoms with van der Waals surface area (Å²) in [6.07, 6.45) is 3.77. The van der Waals surface area contributed by atoms with Gasteiger partial charge in [-0.05, 0) is 52.2 Å². The summed E-state index contributed by atoms with van der Waals surface area (Å²) >= 11 is 0. The zero-order chi connectivity index (χ0) is 18.0. The summed E-state index contributed by atoms with van der Waals surface area (Å²) in [4.78, 5) is 16.6. The van der Waals surface area contributed by atoms with Crippen molar-refractivity contribution in [1.82, 2.24) is 10.3 Å². The Morgan fingerprint density at radius 2 is 2.12 bits per heavy atom.